The van der Waals surface area contributed by atoms with E-state index in [9.17, 15) is 0 Å². The molecule has 35 heavy (non-hydrogen) atoms. The van der Waals surface area contributed by atoms with Gasteiger partial charge in [0.2, 0.25) is 6.17 Å². The lowest BCUT2D eigenvalue weighted by Crippen LogP contribution is -2.03. The van der Waals surface area contributed by atoms with Crippen LogP contribution in [0, 0.1) is 12.1 Å². The Morgan fingerprint density at radius 3 is 1.09 bits per heavy atom. The fourth-order valence-corrected chi connectivity index (χ4v) is 5.54. The summed E-state index contributed by atoms with van der Waals surface area (Å²) in [6.45, 7) is 4.61. The standard InChI is InChI=1S/C33H63N2/c1-3-5-7-9-11-13-15-16-17-19-21-23-25-27-32(28-29-33-34-30-31-35-33)26-24-22-20-18-14-12-10-8-6-4-2/h30-32H,3-29H2,1-2H3/q+1. The summed E-state index contributed by atoms with van der Waals surface area (Å²) >= 11 is 0. The van der Waals surface area contributed by atoms with Gasteiger partial charge >= 0.3 is 0 Å². The lowest BCUT2D eigenvalue weighted by atomic mass is 9.90. The normalized spacial score (nSPS) is 13.8. The number of nitrogens with zero attached hydrogens (tertiary/aromatic N) is 2. The van der Waals surface area contributed by atoms with Crippen LogP contribution in [-0.4, -0.2) is 12.4 Å². The van der Waals surface area contributed by atoms with Crippen LogP contribution in [0.1, 0.15) is 187 Å². The molecule has 0 aliphatic carbocycles. The van der Waals surface area contributed by atoms with E-state index < -0.39 is 0 Å². The van der Waals surface area contributed by atoms with E-state index in [0.717, 1.165) is 18.5 Å². The molecule has 0 aromatic heterocycles. The smallest absolute Gasteiger partial charge is 0.0968 e. The van der Waals surface area contributed by atoms with Crippen LogP contribution >= 0.6 is 0 Å². The second-order valence-electron chi connectivity index (χ2n) is 11.4. The molecule has 1 rings (SSSR count). The molecule has 1 aliphatic heterocycles. The van der Waals surface area contributed by atoms with E-state index >= 15 is 0 Å². The molecule has 0 aromatic rings. The van der Waals surface area contributed by atoms with Gasteiger partial charge in [-0.15, -0.1) is 0 Å². The van der Waals surface area contributed by atoms with Gasteiger partial charge in [0, 0.05) is 0 Å². The molecule has 0 radical (unpaired) electrons. The van der Waals surface area contributed by atoms with E-state index in [2.05, 4.69) is 23.8 Å². The van der Waals surface area contributed by atoms with E-state index in [-0.39, 0.29) is 0 Å². The SMILES string of the molecule is CCCCCCCCCCCCCCCC(CCCCCCCCCCCC)CC[C+]1N=CC=N1. The van der Waals surface area contributed by atoms with E-state index in [1.165, 1.54) is 167 Å². The highest BCUT2D eigenvalue weighted by Gasteiger charge is 2.18. The Kier molecular flexibility index (Phi) is 24.2. The molecule has 1 heterocycles. The van der Waals surface area contributed by atoms with Crippen molar-refractivity contribution in [3.63, 3.8) is 0 Å². The maximum Gasteiger partial charge on any atom is 0.240 e. The monoisotopic (exact) mass is 487 g/mol. The Morgan fingerprint density at radius 2 is 0.743 bits per heavy atom. The molecule has 0 N–H and O–H groups in total. The molecule has 2 heteroatoms. The van der Waals surface area contributed by atoms with E-state index in [0.29, 0.717) is 0 Å². The van der Waals surface area contributed by atoms with Crippen LogP contribution in [-0.2, 0) is 0 Å². The number of rotatable bonds is 28. The first-order chi connectivity index (χ1) is 17.4. The Morgan fingerprint density at radius 1 is 0.429 bits per heavy atom. The van der Waals surface area contributed by atoms with Crippen LogP contribution in [0.4, 0.5) is 0 Å². The Labute approximate surface area is 221 Å². The zero-order valence-corrected chi connectivity index (χ0v) is 24.2. The first kappa shape index (κ1) is 32.2. The predicted octanol–water partition coefficient (Wildman–Crippen LogP) is 11.8. The van der Waals surface area contributed by atoms with Gasteiger partial charge in [-0.05, 0) is 12.3 Å². The molecule has 0 aromatic carbocycles. The summed E-state index contributed by atoms with van der Waals surface area (Å²) in [7, 11) is 0. The van der Waals surface area contributed by atoms with Gasteiger partial charge in [-0.3, -0.25) is 0 Å². The van der Waals surface area contributed by atoms with Gasteiger partial charge in [0.05, 0.1) is 6.42 Å². The van der Waals surface area contributed by atoms with Crippen molar-refractivity contribution in [2.75, 3.05) is 0 Å². The number of hydrogen-bond acceptors (Lipinski definition) is 2. The van der Waals surface area contributed by atoms with Crippen molar-refractivity contribution < 1.29 is 0 Å². The van der Waals surface area contributed by atoms with E-state index in [1.807, 2.05) is 12.4 Å². The van der Waals surface area contributed by atoms with Gasteiger partial charge in [-0.2, -0.15) is 0 Å². The van der Waals surface area contributed by atoms with E-state index in [1.54, 1.807) is 0 Å². The average molecular weight is 488 g/mol. The highest BCUT2D eigenvalue weighted by atomic mass is 15.0. The van der Waals surface area contributed by atoms with Crippen molar-refractivity contribution in [3.05, 3.63) is 6.17 Å². The van der Waals surface area contributed by atoms with Crippen LogP contribution in [0.15, 0.2) is 9.98 Å². The van der Waals surface area contributed by atoms with Crippen molar-refractivity contribution in [1.29, 1.82) is 0 Å². The molecule has 2 nitrogen and oxygen atoms in total. The zero-order chi connectivity index (χ0) is 25.1. The maximum absolute atomic E-state index is 4.40. The molecule has 0 saturated carbocycles. The third-order valence-electron chi connectivity index (χ3n) is 7.97. The summed E-state index contributed by atoms with van der Waals surface area (Å²) < 4.78 is 0. The van der Waals surface area contributed by atoms with Crippen molar-refractivity contribution in [3.8, 4) is 0 Å². The Balaban J connectivity index is 2.01. The fraction of sp³-hybridized carbons (Fsp3) is 0.909. The van der Waals surface area contributed by atoms with Gasteiger partial charge in [0.1, 0.15) is 0 Å². The fourth-order valence-electron chi connectivity index (χ4n) is 5.54. The molecule has 0 fully saturated rings. The van der Waals surface area contributed by atoms with E-state index in [4.69, 9.17) is 0 Å². The summed E-state index contributed by atoms with van der Waals surface area (Å²) in [5.74, 6) is 0.884. The minimum absolute atomic E-state index is 0.884. The third-order valence-corrected chi connectivity index (χ3v) is 7.97. The van der Waals surface area contributed by atoms with Crippen LogP contribution < -0.4 is 0 Å². The largest absolute Gasteiger partial charge is 0.240 e. The molecular weight excluding hydrogens is 424 g/mol. The lowest BCUT2D eigenvalue weighted by Gasteiger charge is -2.16. The minimum atomic E-state index is 0.884. The Hall–Kier alpha value is -0.790. The van der Waals surface area contributed by atoms with Crippen molar-refractivity contribution in [2.24, 2.45) is 15.9 Å². The van der Waals surface area contributed by atoms with Crippen molar-refractivity contribution in [2.45, 2.75) is 187 Å². The van der Waals surface area contributed by atoms with Gasteiger partial charge in [-0.1, -0.05) is 184 Å². The molecule has 0 saturated heterocycles. The molecule has 204 valence electrons. The average Bonchev–Trinajstić information content (AvgIpc) is 3.39. The van der Waals surface area contributed by atoms with Gasteiger partial charge < -0.3 is 0 Å². The lowest BCUT2D eigenvalue weighted by molar-refractivity contribution is 0.373. The Bertz CT molecular complexity index is 458. The summed E-state index contributed by atoms with van der Waals surface area (Å²) in [4.78, 5) is 8.81. The number of hydrogen-bond donors (Lipinski definition) is 0. The van der Waals surface area contributed by atoms with Crippen LogP contribution in [0.25, 0.3) is 0 Å². The molecule has 0 bridgehead atoms. The first-order valence-corrected chi connectivity index (χ1v) is 16.3. The second kappa shape index (κ2) is 26.3. The number of aliphatic imine (C=N–C) groups is 2. The zero-order valence-electron chi connectivity index (χ0n) is 24.2. The summed E-state index contributed by atoms with van der Waals surface area (Å²) in [5.41, 5.74) is 0. The predicted molar refractivity (Wildman–Crippen MR) is 160 cm³/mol. The number of unbranched alkanes of at least 4 members (excludes halogenated alkanes) is 21. The third kappa shape index (κ3) is 22.2. The quantitative estimate of drug-likeness (QED) is 0.0774. The maximum atomic E-state index is 4.40. The summed E-state index contributed by atoms with van der Waals surface area (Å²) in [6.07, 6.45) is 43.2. The van der Waals surface area contributed by atoms with Crippen LogP contribution in [0.2, 0.25) is 0 Å². The highest BCUT2D eigenvalue weighted by molar-refractivity contribution is 6.18. The second-order valence-corrected chi connectivity index (χ2v) is 11.4. The summed E-state index contributed by atoms with van der Waals surface area (Å²) in [6, 6.07) is 0. The molecular formula is C33H63N2+. The van der Waals surface area contributed by atoms with Gasteiger partial charge in [0.25, 0.3) is 0 Å². The van der Waals surface area contributed by atoms with Crippen LogP contribution in [0.3, 0.4) is 0 Å². The van der Waals surface area contributed by atoms with Gasteiger partial charge in [-0.25, -0.2) is 0 Å². The molecule has 1 atom stereocenters. The molecule has 1 unspecified atom stereocenters. The van der Waals surface area contributed by atoms with Crippen molar-refractivity contribution >= 4 is 12.4 Å². The minimum Gasteiger partial charge on any atom is -0.0968 e. The first-order valence-electron chi connectivity index (χ1n) is 16.3. The summed E-state index contributed by atoms with van der Waals surface area (Å²) in [5, 5.41) is 0. The van der Waals surface area contributed by atoms with Gasteiger partial charge in [0.15, 0.2) is 12.4 Å². The molecule has 0 amide bonds. The van der Waals surface area contributed by atoms with Crippen LogP contribution in [0.5, 0.6) is 0 Å². The van der Waals surface area contributed by atoms with Crippen molar-refractivity contribution in [1.82, 2.24) is 0 Å². The topological polar surface area (TPSA) is 24.7 Å². The highest BCUT2D eigenvalue weighted by Crippen LogP contribution is 2.27. The molecule has 0 spiro atoms. The molecule has 1 aliphatic rings.